The van der Waals surface area contributed by atoms with Crippen molar-refractivity contribution >= 4 is 11.6 Å². The fourth-order valence-corrected chi connectivity index (χ4v) is 2.30. The second kappa shape index (κ2) is 7.54. The Morgan fingerprint density at radius 2 is 2.19 bits per heavy atom. The third-order valence-corrected chi connectivity index (χ3v) is 3.66. The molecule has 0 aliphatic carbocycles. The number of methoxy groups -OCH3 is 1. The molecule has 2 aromatic rings. The highest BCUT2D eigenvalue weighted by Gasteiger charge is 2.12. The van der Waals surface area contributed by atoms with E-state index in [1.54, 1.807) is 19.4 Å². The topological polar surface area (TPSA) is 30.3 Å². The molecule has 0 aliphatic rings. The Bertz CT molecular complexity index is 588. The predicted octanol–water partition coefficient (Wildman–Crippen LogP) is 2.86. The molecule has 0 spiro atoms. The molecule has 114 valence electrons. The van der Waals surface area contributed by atoms with Gasteiger partial charge < -0.3 is 9.30 Å². The molecular weight excluding hydrogens is 293 g/mol. The maximum absolute atomic E-state index is 13.1. The van der Waals surface area contributed by atoms with Crippen molar-refractivity contribution in [1.29, 1.82) is 0 Å². The molecule has 0 amide bonds. The average Bonchev–Trinajstić information content (AvgIpc) is 2.84. The third kappa shape index (κ3) is 4.52. The molecule has 0 aliphatic heterocycles. The van der Waals surface area contributed by atoms with Crippen molar-refractivity contribution < 1.29 is 9.13 Å². The molecule has 4 nitrogen and oxygen atoms in total. The summed E-state index contributed by atoms with van der Waals surface area (Å²) >= 11 is 6.10. The van der Waals surface area contributed by atoms with Gasteiger partial charge in [-0.2, -0.15) is 0 Å². The van der Waals surface area contributed by atoms with Crippen LogP contribution in [-0.2, 0) is 24.9 Å². The summed E-state index contributed by atoms with van der Waals surface area (Å²) in [4.78, 5) is 6.50. The first kappa shape index (κ1) is 15.9. The number of rotatable bonds is 7. The molecular formula is C15H19ClFN3O. The van der Waals surface area contributed by atoms with Gasteiger partial charge in [0.2, 0.25) is 0 Å². The van der Waals surface area contributed by atoms with E-state index < -0.39 is 0 Å². The van der Waals surface area contributed by atoms with Crippen molar-refractivity contribution in [3.8, 4) is 0 Å². The Hall–Kier alpha value is -1.43. The molecule has 21 heavy (non-hydrogen) atoms. The number of aromatic nitrogens is 2. The van der Waals surface area contributed by atoms with Crippen LogP contribution in [0.15, 0.2) is 30.6 Å². The Morgan fingerprint density at radius 3 is 2.81 bits per heavy atom. The molecule has 0 N–H and O–H groups in total. The molecule has 0 bridgehead atoms. The van der Waals surface area contributed by atoms with Crippen LogP contribution in [0.1, 0.15) is 11.4 Å². The van der Waals surface area contributed by atoms with Crippen LogP contribution in [0.4, 0.5) is 4.39 Å². The smallest absolute Gasteiger partial charge is 0.124 e. The maximum Gasteiger partial charge on any atom is 0.124 e. The minimum Gasteiger partial charge on any atom is -0.383 e. The maximum atomic E-state index is 13.1. The molecule has 1 aromatic carbocycles. The molecule has 6 heteroatoms. The van der Waals surface area contributed by atoms with Crippen LogP contribution in [-0.4, -0.2) is 34.7 Å². The van der Waals surface area contributed by atoms with Crippen molar-refractivity contribution in [2.75, 3.05) is 20.3 Å². The highest BCUT2D eigenvalue weighted by Crippen LogP contribution is 2.19. The standard InChI is InChI=1S/C15H19ClFN3O/c1-19-6-5-18-15(19)11-20(7-8-21-2)10-12-3-4-13(17)9-14(12)16/h3-6,9H,7-8,10-11H2,1-2H3. The summed E-state index contributed by atoms with van der Waals surface area (Å²) in [6, 6.07) is 4.48. The molecule has 0 radical (unpaired) electrons. The van der Waals surface area contributed by atoms with Crippen molar-refractivity contribution in [1.82, 2.24) is 14.5 Å². The summed E-state index contributed by atoms with van der Waals surface area (Å²) < 4.78 is 20.2. The molecule has 0 saturated carbocycles. The Morgan fingerprint density at radius 1 is 1.38 bits per heavy atom. The minimum absolute atomic E-state index is 0.323. The fourth-order valence-electron chi connectivity index (χ4n) is 2.07. The van der Waals surface area contributed by atoms with Crippen LogP contribution in [0.5, 0.6) is 0 Å². The number of nitrogens with zero attached hydrogens (tertiary/aromatic N) is 3. The van der Waals surface area contributed by atoms with Gasteiger partial charge >= 0.3 is 0 Å². The monoisotopic (exact) mass is 311 g/mol. The lowest BCUT2D eigenvalue weighted by Crippen LogP contribution is -2.28. The summed E-state index contributed by atoms with van der Waals surface area (Å²) in [6.45, 7) is 2.66. The number of ether oxygens (including phenoxy) is 1. The quantitative estimate of drug-likeness (QED) is 0.787. The predicted molar refractivity (Wildman–Crippen MR) is 80.6 cm³/mol. The van der Waals surface area contributed by atoms with Crippen LogP contribution in [0.25, 0.3) is 0 Å². The molecule has 1 aromatic heterocycles. The van der Waals surface area contributed by atoms with Gasteiger partial charge in [0.25, 0.3) is 0 Å². The zero-order chi connectivity index (χ0) is 15.2. The van der Waals surface area contributed by atoms with Gasteiger partial charge in [0.15, 0.2) is 0 Å². The Kier molecular flexibility index (Phi) is 5.73. The van der Waals surface area contributed by atoms with Crippen molar-refractivity contribution in [3.63, 3.8) is 0 Å². The van der Waals surface area contributed by atoms with Crippen molar-refractivity contribution in [2.24, 2.45) is 7.05 Å². The zero-order valence-corrected chi connectivity index (χ0v) is 13.0. The lowest BCUT2D eigenvalue weighted by Gasteiger charge is -2.22. The van der Waals surface area contributed by atoms with Gasteiger partial charge in [0.05, 0.1) is 13.2 Å². The molecule has 0 unspecified atom stereocenters. The van der Waals surface area contributed by atoms with E-state index in [9.17, 15) is 4.39 Å². The van der Waals surface area contributed by atoms with E-state index in [0.29, 0.717) is 24.7 Å². The molecule has 2 rings (SSSR count). The normalized spacial score (nSPS) is 11.3. The van der Waals surface area contributed by atoms with Crippen molar-refractivity contribution in [3.05, 3.63) is 52.8 Å². The lowest BCUT2D eigenvalue weighted by atomic mass is 10.2. The van der Waals surface area contributed by atoms with Crippen LogP contribution in [0, 0.1) is 5.82 Å². The molecule has 0 saturated heterocycles. The third-order valence-electron chi connectivity index (χ3n) is 3.31. The second-order valence-electron chi connectivity index (χ2n) is 4.89. The minimum atomic E-state index is -0.323. The van der Waals surface area contributed by atoms with E-state index in [0.717, 1.165) is 17.9 Å². The van der Waals surface area contributed by atoms with E-state index in [2.05, 4.69) is 9.88 Å². The number of halogens is 2. The van der Waals surface area contributed by atoms with E-state index >= 15 is 0 Å². The van der Waals surface area contributed by atoms with Crippen LogP contribution < -0.4 is 0 Å². The highest BCUT2D eigenvalue weighted by atomic mass is 35.5. The van der Waals surface area contributed by atoms with Crippen LogP contribution >= 0.6 is 11.6 Å². The Labute approximate surface area is 129 Å². The van der Waals surface area contributed by atoms with E-state index in [-0.39, 0.29) is 5.82 Å². The summed E-state index contributed by atoms with van der Waals surface area (Å²) in [5, 5.41) is 0.442. The fraction of sp³-hybridized carbons (Fsp3) is 0.400. The number of imidazole rings is 1. The van der Waals surface area contributed by atoms with Gasteiger partial charge in [-0.25, -0.2) is 9.37 Å². The summed E-state index contributed by atoms with van der Waals surface area (Å²) in [6.07, 6.45) is 3.68. The van der Waals surface area contributed by atoms with Crippen LogP contribution in [0.2, 0.25) is 5.02 Å². The van der Waals surface area contributed by atoms with E-state index in [1.165, 1.54) is 12.1 Å². The summed E-state index contributed by atoms with van der Waals surface area (Å²) in [5.74, 6) is 0.639. The first-order valence-corrected chi connectivity index (χ1v) is 7.09. The number of benzene rings is 1. The zero-order valence-electron chi connectivity index (χ0n) is 12.2. The largest absolute Gasteiger partial charge is 0.383 e. The van der Waals surface area contributed by atoms with Gasteiger partial charge in [-0.05, 0) is 17.7 Å². The summed E-state index contributed by atoms with van der Waals surface area (Å²) in [7, 11) is 3.63. The summed E-state index contributed by atoms with van der Waals surface area (Å²) in [5.41, 5.74) is 0.892. The van der Waals surface area contributed by atoms with Crippen LogP contribution in [0.3, 0.4) is 0 Å². The van der Waals surface area contributed by atoms with E-state index in [1.807, 2.05) is 17.8 Å². The van der Waals surface area contributed by atoms with Gasteiger partial charge in [0, 0.05) is 44.7 Å². The highest BCUT2D eigenvalue weighted by molar-refractivity contribution is 6.31. The van der Waals surface area contributed by atoms with Gasteiger partial charge in [-0.3, -0.25) is 4.90 Å². The SMILES string of the molecule is COCCN(Cc1ccc(F)cc1Cl)Cc1nccn1C. The second-order valence-corrected chi connectivity index (χ2v) is 5.30. The number of hydrogen-bond acceptors (Lipinski definition) is 3. The van der Waals surface area contributed by atoms with E-state index in [4.69, 9.17) is 16.3 Å². The average molecular weight is 312 g/mol. The molecule has 0 atom stereocenters. The lowest BCUT2D eigenvalue weighted by molar-refractivity contribution is 0.138. The first-order chi connectivity index (χ1) is 10.1. The Balaban J connectivity index is 2.10. The van der Waals surface area contributed by atoms with Crippen molar-refractivity contribution in [2.45, 2.75) is 13.1 Å². The van der Waals surface area contributed by atoms with Gasteiger partial charge in [-0.1, -0.05) is 17.7 Å². The van der Waals surface area contributed by atoms with Gasteiger partial charge in [0.1, 0.15) is 11.6 Å². The number of aryl methyl sites for hydroxylation is 1. The molecule has 1 heterocycles. The molecule has 0 fully saturated rings. The van der Waals surface area contributed by atoms with Gasteiger partial charge in [-0.15, -0.1) is 0 Å². The first-order valence-electron chi connectivity index (χ1n) is 6.71. The number of hydrogen-bond donors (Lipinski definition) is 0.